The van der Waals surface area contributed by atoms with Crippen LogP contribution >= 0.6 is 0 Å². The van der Waals surface area contributed by atoms with Gasteiger partial charge in [-0.3, -0.25) is 9.69 Å². The molecular weight excluding hydrogens is 340 g/mol. The van der Waals surface area contributed by atoms with Crippen molar-refractivity contribution < 1.29 is 14.3 Å². The molecule has 1 amide bonds. The molecule has 0 unspecified atom stereocenters. The molecule has 5 heteroatoms. The Morgan fingerprint density at radius 1 is 1.11 bits per heavy atom. The minimum Gasteiger partial charge on any atom is -0.493 e. The number of nitrogens with zero attached hydrogens (tertiary/aromatic N) is 1. The molecule has 0 fully saturated rings. The highest BCUT2D eigenvalue weighted by Gasteiger charge is 2.23. The number of para-hydroxylation sites is 1. The molecule has 2 aromatic rings. The maximum Gasteiger partial charge on any atom is 0.255 e. The number of methoxy groups -OCH3 is 2. The zero-order valence-corrected chi connectivity index (χ0v) is 16.3. The first kappa shape index (κ1) is 19.2. The number of carbonyl (C=O) groups is 1. The van der Waals surface area contributed by atoms with E-state index in [9.17, 15) is 4.79 Å². The first-order valence-electron chi connectivity index (χ1n) is 9.48. The molecule has 0 spiro atoms. The highest BCUT2D eigenvalue weighted by molar-refractivity contribution is 5.97. The fraction of sp³-hybridized carbons (Fsp3) is 0.409. The van der Waals surface area contributed by atoms with Crippen LogP contribution in [0.15, 0.2) is 42.5 Å². The lowest BCUT2D eigenvalue weighted by molar-refractivity contribution is 0.0922. The maximum atomic E-state index is 12.7. The van der Waals surface area contributed by atoms with Gasteiger partial charge in [0.05, 0.1) is 19.8 Å². The van der Waals surface area contributed by atoms with E-state index in [0.29, 0.717) is 29.6 Å². The molecule has 1 heterocycles. The molecule has 0 saturated carbocycles. The van der Waals surface area contributed by atoms with Crippen molar-refractivity contribution in [1.82, 2.24) is 10.2 Å². The topological polar surface area (TPSA) is 50.8 Å². The largest absolute Gasteiger partial charge is 0.493 e. The van der Waals surface area contributed by atoms with Crippen LogP contribution < -0.4 is 14.8 Å². The molecular formula is C22H28N2O3. The van der Waals surface area contributed by atoms with Gasteiger partial charge in [0.1, 0.15) is 0 Å². The molecule has 2 aromatic carbocycles. The zero-order chi connectivity index (χ0) is 19.2. The van der Waals surface area contributed by atoms with Crippen LogP contribution in [-0.2, 0) is 13.0 Å². The van der Waals surface area contributed by atoms with Gasteiger partial charge >= 0.3 is 0 Å². The van der Waals surface area contributed by atoms with Gasteiger partial charge in [0.25, 0.3) is 5.91 Å². The molecule has 0 saturated heterocycles. The smallest absolute Gasteiger partial charge is 0.255 e. The van der Waals surface area contributed by atoms with Crippen molar-refractivity contribution in [3.8, 4) is 11.5 Å². The summed E-state index contributed by atoms with van der Waals surface area (Å²) in [5.74, 6) is 0.892. The minimum absolute atomic E-state index is 0.137. The van der Waals surface area contributed by atoms with E-state index in [2.05, 4.69) is 41.4 Å². The SMILES string of the molecule is CC[C@@H](CNC(=O)c1cccc(OC)c1OC)N1CCc2ccccc2C1. The lowest BCUT2D eigenvalue weighted by Gasteiger charge is -2.35. The van der Waals surface area contributed by atoms with E-state index in [-0.39, 0.29) is 5.91 Å². The number of nitrogens with one attached hydrogen (secondary N) is 1. The van der Waals surface area contributed by atoms with E-state index in [1.807, 2.05) is 0 Å². The van der Waals surface area contributed by atoms with Crippen molar-refractivity contribution in [3.05, 3.63) is 59.2 Å². The van der Waals surface area contributed by atoms with Gasteiger partial charge in [0.2, 0.25) is 0 Å². The fourth-order valence-electron chi connectivity index (χ4n) is 3.73. The second-order valence-corrected chi connectivity index (χ2v) is 6.80. The van der Waals surface area contributed by atoms with Crippen LogP contribution in [0.2, 0.25) is 0 Å². The van der Waals surface area contributed by atoms with Gasteiger partial charge in [-0.2, -0.15) is 0 Å². The summed E-state index contributed by atoms with van der Waals surface area (Å²) in [6.45, 7) is 4.74. The molecule has 0 aliphatic carbocycles. The summed E-state index contributed by atoms with van der Waals surface area (Å²) in [6, 6.07) is 14.3. The third-order valence-electron chi connectivity index (χ3n) is 5.29. The predicted octanol–water partition coefficient (Wildman–Crippen LogP) is 3.27. The average Bonchev–Trinajstić information content (AvgIpc) is 2.73. The van der Waals surface area contributed by atoms with E-state index in [1.54, 1.807) is 32.4 Å². The Balaban J connectivity index is 1.66. The molecule has 1 atom stereocenters. The highest BCUT2D eigenvalue weighted by atomic mass is 16.5. The summed E-state index contributed by atoms with van der Waals surface area (Å²) >= 11 is 0. The van der Waals surface area contributed by atoms with Gasteiger partial charge in [0.15, 0.2) is 11.5 Å². The van der Waals surface area contributed by atoms with E-state index < -0.39 is 0 Å². The second-order valence-electron chi connectivity index (χ2n) is 6.80. The van der Waals surface area contributed by atoms with Crippen LogP contribution in [0, 0.1) is 0 Å². The van der Waals surface area contributed by atoms with Crippen LogP contribution in [0.5, 0.6) is 11.5 Å². The van der Waals surface area contributed by atoms with E-state index in [4.69, 9.17) is 9.47 Å². The molecule has 3 rings (SSSR count). The van der Waals surface area contributed by atoms with Gasteiger partial charge in [0, 0.05) is 25.7 Å². The predicted molar refractivity (Wildman–Crippen MR) is 107 cm³/mol. The average molecular weight is 368 g/mol. The van der Waals surface area contributed by atoms with Gasteiger partial charge in [-0.25, -0.2) is 0 Å². The van der Waals surface area contributed by atoms with Gasteiger partial charge < -0.3 is 14.8 Å². The van der Waals surface area contributed by atoms with Crippen molar-refractivity contribution in [3.63, 3.8) is 0 Å². The lowest BCUT2D eigenvalue weighted by atomic mass is 9.98. The first-order valence-corrected chi connectivity index (χ1v) is 9.48. The van der Waals surface area contributed by atoms with Crippen molar-refractivity contribution >= 4 is 5.91 Å². The normalized spacial score (nSPS) is 14.9. The molecule has 0 aromatic heterocycles. The van der Waals surface area contributed by atoms with Gasteiger partial charge in [-0.05, 0) is 36.1 Å². The summed E-state index contributed by atoms with van der Waals surface area (Å²) in [7, 11) is 3.12. The number of carbonyl (C=O) groups excluding carboxylic acids is 1. The number of benzene rings is 2. The molecule has 1 N–H and O–H groups in total. The zero-order valence-electron chi connectivity index (χ0n) is 16.3. The van der Waals surface area contributed by atoms with Crippen LogP contribution in [0.1, 0.15) is 34.8 Å². The number of hydrogen-bond donors (Lipinski definition) is 1. The Kier molecular flexibility index (Phi) is 6.35. The summed E-state index contributed by atoms with van der Waals surface area (Å²) in [4.78, 5) is 15.2. The Hall–Kier alpha value is -2.53. The molecule has 1 aliphatic heterocycles. The monoisotopic (exact) mass is 368 g/mol. The highest BCUT2D eigenvalue weighted by Crippen LogP contribution is 2.30. The van der Waals surface area contributed by atoms with Crippen LogP contribution in [-0.4, -0.2) is 44.2 Å². The summed E-state index contributed by atoms with van der Waals surface area (Å²) in [5.41, 5.74) is 3.33. The number of ether oxygens (including phenoxy) is 2. The summed E-state index contributed by atoms with van der Waals surface area (Å²) < 4.78 is 10.7. The van der Waals surface area contributed by atoms with Crippen molar-refractivity contribution in [2.24, 2.45) is 0 Å². The van der Waals surface area contributed by atoms with E-state index in [0.717, 1.165) is 25.9 Å². The Morgan fingerprint density at radius 2 is 1.89 bits per heavy atom. The Labute approximate surface area is 161 Å². The Bertz CT molecular complexity index is 791. The number of fused-ring (bicyclic) bond motifs is 1. The van der Waals surface area contributed by atoms with Crippen molar-refractivity contribution in [1.29, 1.82) is 0 Å². The van der Waals surface area contributed by atoms with Gasteiger partial charge in [-0.15, -0.1) is 0 Å². The third-order valence-corrected chi connectivity index (χ3v) is 5.29. The lowest BCUT2D eigenvalue weighted by Crippen LogP contribution is -2.45. The van der Waals surface area contributed by atoms with Gasteiger partial charge in [-0.1, -0.05) is 37.3 Å². The van der Waals surface area contributed by atoms with Crippen LogP contribution in [0.4, 0.5) is 0 Å². The molecule has 1 aliphatic rings. The van der Waals surface area contributed by atoms with Crippen molar-refractivity contribution in [2.75, 3.05) is 27.3 Å². The number of amides is 1. The van der Waals surface area contributed by atoms with Crippen LogP contribution in [0.3, 0.4) is 0 Å². The number of rotatable bonds is 7. The summed E-state index contributed by atoms with van der Waals surface area (Å²) in [5, 5.41) is 3.08. The maximum absolute atomic E-state index is 12.7. The summed E-state index contributed by atoms with van der Waals surface area (Å²) in [6.07, 6.45) is 2.04. The Morgan fingerprint density at radius 3 is 2.59 bits per heavy atom. The number of hydrogen-bond acceptors (Lipinski definition) is 4. The quantitative estimate of drug-likeness (QED) is 0.815. The molecule has 5 nitrogen and oxygen atoms in total. The molecule has 144 valence electrons. The fourth-order valence-corrected chi connectivity index (χ4v) is 3.73. The van der Waals surface area contributed by atoms with E-state index >= 15 is 0 Å². The minimum atomic E-state index is -0.137. The molecule has 0 bridgehead atoms. The molecule has 0 radical (unpaired) electrons. The second kappa shape index (κ2) is 8.91. The standard InChI is InChI=1S/C22H28N2O3/c1-4-18(24-13-12-16-8-5-6-9-17(16)15-24)14-23-22(25)19-10-7-11-20(26-2)21(19)27-3/h5-11,18H,4,12-15H2,1-3H3,(H,23,25)/t18-/m0/s1. The van der Waals surface area contributed by atoms with E-state index in [1.165, 1.54) is 11.1 Å². The first-order chi connectivity index (χ1) is 13.2. The third kappa shape index (κ3) is 4.25. The van der Waals surface area contributed by atoms with Crippen molar-refractivity contribution in [2.45, 2.75) is 32.4 Å². The van der Waals surface area contributed by atoms with Crippen LogP contribution in [0.25, 0.3) is 0 Å². The molecule has 27 heavy (non-hydrogen) atoms.